The van der Waals surface area contributed by atoms with Gasteiger partial charge in [-0.05, 0) is 51.4 Å². The van der Waals surface area contributed by atoms with Crippen molar-refractivity contribution in [3.8, 4) is 11.3 Å². The number of carbonyl (C=O) groups excluding carboxylic acids is 2. The zero-order chi connectivity index (χ0) is 28.2. The number of esters is 1. The second kappa shape index (κ2) is 22.5. The third-order valence-electron chi connectivity index (χ3n) is 4.38. The summed E-state index contributed by atoms with van der Waals surface area (Å²) in [4.78, 5) is 30.3. The number of aromatic nitrogens is 2. The molecule has 0 saturated carbocycles. The summed E-state index contributed by atoms with van der Waals surface area (Å²) < 4.78 is 10.1. The van der Waals surface area contributed by atoms with Gasteiger partial charge in [0.1, 0.15) is 5.69 Å². The first-order valence-electron chi connectivity index (χ1n) is 11.7. The third-order valence-corrected chi connectivity index (χ3v) is 5.14. The molecule has 1 aliphatic rings. The molecule has 11 nitrogen and oxygen atoms in total. The first-order chi connectivity index (χ1) is 18.0. The smallest absolute Gasteiger partial charge is 0.550 e. The van der Waals surface area contributed by atoms with Gasteiger partial charge in [-0.15, -0.1) is 11.3 Å². The number of carboxylic acid groups (broad SMARTS) is 1. The van der Waals surface area contributed by atoms with Crippen molar-refractivity contribution in [2.75, 3.05) is 57.7 Å². The molecule has 206 valence electrons. The van der Waals surface area contributed by atoms with Crippen molar-refractivity contribution in [3.63, 3.8) is 0 Å². The Morgan fingerprint density at radius 2 is 1.68 bits per heavy atom. The number of morpholine rings is 1. The monoisotopic (exact) mass is 558 g/mol. The number of nitrogens with two attached hydrogens (primary N) is 2. The van der Waals surface area contributed by atoms with Crippen LogP contribution in [0.25, 0.3) is 11.3 Å². The van der Waals surface area contributed by atoms with Crippen molar-refractivity contribution in [1.82, 2.24) is 9.97 Å². The van der Waals surface area contributed by atoms with Gasteiger partial charge in [0.2, 0.25) is 0 Å². The van der Waals surface area contributed by atoms with E-state index in [2.05, 4.69) is 55.9 Å². The topological polar surface area (TPSA) is 172 Å². The Morgan fingerprint density at radius 1 is 1.13 bits per heavy atom. The van der Waals surface area contributed by atoms with Crippen LogP contribution in [-0.2, 0) is 14.3 Å². The molecule has 0 amide bonds. The van der Waals surface area contributed by atoms with E-state index in [-0.39, 0.29) is 29.6 Å². The van der Waals surface area contributed by atoms with Gasteiger partial charge < -0.3 is 46.0 Å². The van der Waals surface area contributed by atoms with Crippen LogP contribution in [0.4, 0.5) is 16.5 Å². The fourth-order valence-electron chi connectivity index (χ4n) is 2.93. The number of carbonyl (C=O) groups is 2. The number of benzene rings is 1. The predicted molar refractivity (Wildman–Crippen MR) is 148 cm³/mol. The number of ether oxygens (including phenoxy) is 2. The van der Waals surface area contributed by atoms with E-state index in [9.17, 15) is 4.79 Å². The van der Waals surface area contributed by atoms with Crippen LogP contribution in [0.5, 0.6) is 0 Å². The first kappa shape index (κ1) is 37.7. The Morgan fingerprint density at radius 3 is 2.21 bits per heavy atom. The number of anilines is 3. The number of nitrogens with one attached hydrogen (secondary N) is 2. The maximum absolute atomic E-state index is 11.6. The van der Waals surface area contributed by atoms with Crippen molar-refractivity contribution >= 4 is 39.8 Å². The molecule has 38 heavy (non-hydrogen) atoms. The molecule has 4 rings (SSSR count). The number of rotatable bonds is 5. The Labute approximate surface area is 251 Å². The SMILES string of the molecule is CC.CC(=O)[O-].CN.CN.COC(=O)c1cc(-c2csc(Nc3ccc(N4CCOCC4)cc3)n2)c[nH]1.[Na+]. The second-order valence-corrected chi connectivity index (χ2v) is 7.45. The standard InChI is InChI=1S/C19H20N4O3S.C2H4O2.C2H6.2CH5N.Na/c1-25-18(24)16-10-13(11-20-16)17-12-27-19(22-17)21-14-2-4-15(5-3-14)23-6-8-26-9-7-23;1-2(3)4;3*1-2;/h2-5,10-12,20H,6-9H2,1H3,(H,21,22);1H3,(H,3,4);1-2H3;2*2H2,1H3;/q;;;;;+1/p-1. The fraction of sp³-hybridized carbons (Fsp3) is 0.400. The Kier molecular flexibility index (Phi) is 22.3. The molecule has 0 aliphatic carbocycles. The Hall–Kier alpha value is -2.45. The van der Waals surface area contributed by atoms with E-state index in [1.807, 2.05) is 19.2 Å². The van der Waals surface area contributed by atoms with Gasteiger partial charge in [-0.3, -0.25) is 0 Å². The van der Waals surface area contributed by atoms with Crippen LogP contribution in [-0.4, -0.2) is 69.4 Å². The maximum atomic E-state index is 11.6. The van der Waals surface area contributed by atoms with Crippen LogP contribution in [0.2, 0.25) is 0 Å². The van der Waals surface area contributed by atoms with Crippen LogP contribution >= 0.6 is 11.3 Å². The molecule has 1 saturated heterocycles. The van der Waals surface area contributed by atoms with Gasteiger partial charge in [0.25, 0.3) is 0 Å². The molecule has 3 aromatic rings. The summed E-state index contributed by atoms with van der Waals surface area (Å²) in [6.45, 7) is 8.37. The molecular weight excluding hydrogens is 519 g/mol. The molecular formula is C25H39N6NaO5S. The van der Waals surface area contributed by atoms with Crippen LogP contribution in [0.15, 0.2) is 41.9 Å². The van der Waals surface area contributed by atoms with Crippen molar-refractivity contribution in [3.05, 3.63) is 47.6 Å². The molecule has 0 unspecified atom stereocenters. The third kappa shape index (κ3) is 13.4. The maximum Gasteiger partial charge on any atom is 1.00 e. The molecule has 13 heteroatoms. The number of thiazole rings is 1. The Balaban J connectivity index is 0. The normalized spacial score (nSPS) is 11.2. The number of H-pyrrole nitrogens is 1. The Bertz CT molecular complexity index is 1020. The van der Waals surface area contributed by atoms with E-state index in [4.69, 9.17) is 19.4 Å². The van der Waals surface area contributed by atoms with Gasteiger partial charge in [-0.2, -0.15) is 0 Å². The minimum Gasteiger partial charge on any atom is -0.550 e. The molecule has 0 atom stereocenters. The number of aliphatic carboxylic acids is 1. The van der Waals surface area contributed by atoms with Gasteiger partial charge in [-0.25, -0.2) is 9.78 Å². The molecule has 0 radical (unpaired) electrons. The van der Waals surface area contributed by atoms with Crippen LogP contribution in [0, 0.1) is 0 Å². The predicted octanol–water partition coefficient (Wildman–Crippen LogP) is -0.559. The number of aromatic amines is 1. The summed E-state index contributed by atoms with van der Waals surface area (Å²) in [5.74, 6) is -1.48. The second-order valence-electron chi connectivity index (χ2n) is 6.59. The molecule has 6 N–H and O–H groups in total. The van der Waals surface area contributed by atoms with Gasteiger partial charge >= 0.3 is 35.5 Å². The summed E-state index contributed by atoms with van der Waals surface area (Å²) in [5.41, 5.74) is 13.2. The molecule has 0 bridgehead atoms. The number of carboxylic acids is 1. The molecule has 1 aromatic carbocycles. The summed E-state index contributed by atoms with van der Waals surface area (Å²) in [7, 11) is 4.36. The van der Waals surface area contributed by atoms with Gasteiger partial charge in [0.05, 0.1) is 26.0 Å². The zero-order valence-electron chi connectivity index (χ0n) is 23.4. The van der Waals surface area contributed by atoms with Crippen molar-refractivity contribution in [2.24, 2.45) is 11.5 Å². The van der Waals surface area contributed by atoms with Crippen molar-refractivity contribution in [2.45, 2.75) is 20.8 Å². The average molecular weight is 559 g/mol. The van der Waals surface area contributed by atoms with Gasteiger partial charge in [0, 0.05) is 47.6 Å². The number of hydrogen-bond donors (Lipinski definition) is 4. The van der Waals surface area contributed by atoms with E-state index in [1.54, 1.807) is 12.3 Å². The van der Waals surface area contributed by atoms with E-state index in [0.717, 1.165) is 55.3 Å². The zero-order valence-corrected chi connectivity index (χ0v) is 26.2. The van der Waals surface area contributed by atoms with Crippen LogP contribution < -0.4 is 56.3 Å². The summed E-state index contributed by atoms with van der Waals surface area (Å²) in [6.07, 6.45) is 1.75. The molecule has 1 aliphatic heterocycles. The van der Waals surface area contributed by atoms with Crippen molar-refractivity contribution < 1.29 is 53.7 Å². The largest absolute Gasteiger partial charge is 1.00 e. The summed E-state index contributed by atoms with van der Waals surface area (Å²) in [6, 6.07) is 10.1. The van der Waals surface area contributed by atoms with E-state index in [0.29, 0.717) is 5.69 Å². The van der Waals surface area contributed by atoms with E-state index in [1.165, 1.54) is 38.2 Å². The van der Waals surface area contributed by atoms with Crippen molar-refractivity contribution in [1.29, 1.82) is 0 Å². The molecule has 2 aromatic heterocycles. The fourth-order valence-corrected chi connectivity index (χ4v) is 3.67. The van der Waals surface area contributed by atoms with E-state index >= 15 is 0 Å². The number of methoxy groups -OCH3 is 1. The molecule has 3 heterocycles. The van der Waals surface area contributed by atoms with Gasteiger partial charge in [-0.1, -0.05) is 13.8 Å². The number of nitrogens with zero attached hydrogens (tertiary/aromatic N) is 2. The van der Waals surface area contributed by atoms with Crippen LogP contribution in [0.1, 0.15) is 31.3 Å². The molecule has 1 fully saturated rings. The average Bonchev–Trinajstić information content (AvgIpc) is 3.62. The summed E-state index contributed by atoms with van der Waals surface area (Å²) in [5, 5.41) is 15.0. The summed E-state index contributed by atoms with van der Waals surface area (Å²) >= 11 is 1.52. The van der Waals surface area contributed by atoms with Crippen LogP contribution in [0.3, 0.4) is 0 Å². The number of hydrogen-bond acceptors (Lipinski definition) is 11. The minimum atomic E-state index is -1.08. The van der Waals surface area contributed by atoms with E-state index < -0.39 is 11.9 Å². The first-order valence-corrected chi connectivity index (χ1v) is 12.6. The molecule has 0 spiro atoms. The minimum absolute atomic E-state index is 0. The van der Waals surface area contributed by atoms with Gasteiger partial charge in [0.15, 0.2) is 5.13 Å². The quantitative estimate of drug-likeness (QED) is 0.235.